The van der Waals surface area contributed by atoms with E-state index >= 15 is 0 Å². The topological polar surface area (TPSA) is 111 Å². The van der Waals surface area contributed by atoms with Gasteiger partial charge in [0, 0.05) is 23.7 Å². The van der Waals surface area contributed by atoms with E-state index in [1.165, 1.54) is 30.3 Å². The van der Waals surface area contributed by atoms with Crippen LogP contribution >= 0.6 is 34.8 Å². The lowest BCUT2D eigenvalue weighted by molar-refractivity contribution is -0.384. The van der Waals surface area contributed by atoms with Gasteiger partial charge < -0.3 is 4.74 Å². The number of nitro benzene ring substituents is 1. The number of rotatable bonds is 6. The second-order valence-electron chi connectivity index (χ2n) is 6.67. The van der Waals surface area contributed by atoms with Gasteiger partial charge in [0.1, 0.15) is 10.8 Å². The third-order valence-electron chi connectivity index (χ3n) is 4.49. The third kappa shape index (κ3) is 4.81. The normalized spacial score (nSPS) is 11.4. The quantitative estimate of drug-likeness (QED) is 0.222. The van der Waals surface area contributed by atoms with Gasteiger partial charge in [-0.05, 0) is 30.3 Å². The number of pyridine rings is 1. The van der Waals surface area contributed by atoms with Crippen molar-refractivity contribution in [1.29, 1.82) is 0 Å². The van der Waals surface area contributed by atoms with Crippen molar-refractivity contribution in [3.8, 4) is 11.5 Å². The largest absolute Gasteiger partial charge is 0.454 e. The standard InChI is InChI=1S/C21H12Cl3N3O5S/c22-15-9-13(6-7-19(15)27(28)29)32-21-16(23)10-14(11-17(21)24)33(30,31)26-18-5-1-3-12-4-2-8-25-20(12)18/h1-11,26H. The predicted octanol–water partition coefficient (Wildman–Crippen LogP) is 6.70. The van der Waals surface area contributed by atoms with E-state index in [1.54, 1.807) is 24.4 Å². The molecule has 0 amide bonds. The van der Waals surface area contributed by atoms with Crippen LogP contribution in [-0.2, 0) is 10.0 Å². The number of sulfonamides is 1. The van der Waals surface area contributed by atoms with Gasteiger partial charge in [0.25, 0.3) is 15.7 Å². The van der Waals surface area contributed by atoms with Crippen molar-refractivity contribution in [3.05, 3.63) is 92.0 Å². The number of para-hydroxylation sites is 1. The Hall–Kier alpha value is -3.11. The minimum atomic E-state index is -4.07. The van der Waals surface area contributed by atoms with Crippen LogP contribution in [0.2, 0.25) is 15.1 Å². The van der Waals surface area contributed by atoms with Crippen LogP contribution < -0.4 is 9.46 Å². The Morgan fingerprint density at radius 2 is 1.64 bits per heavy atom. The zero-order chi connectivity index (χ0) is 23.8. The summed E-state index contributed by atoms with van der Waals surface area (Å²) in [6, 6.07) is 14.7. The highest BCUT2D eigenvalue weighted by Crippen LogP contribution is 2.40. The van der Waals surface area contributed by atoms with E-state index in [4.69, 9.17) is 39.5 Å². The summed E-state index contributed by atoms with van der Waals surface area (Å²) in [5.41, 5.74) is 0.480. The van der Waals surface area contributed by atoms with Crippen LogP contribution in [0.4, 0.5) is 11.4 Å². The van der Waals surface area contributed by atoms with Gasteiger partial charge in [-0.3, -0.25) is 19.8 Å². The smallest absolute Gasteiger partial charge is 0.288 e. The molecule has 8 nitrogen and oxygen atoms in total. The lowest BCUT2D eigenvalue weighted by atomic mass is 10.2. The number of anilines is 1. The van der Waals surface area contributed by atoms with Crippen molar-refractivity contribution >= 4 is 67.1 Å². The maximum Gasteiger partial charge on any atom is 0.288 e. The van der Waals surface area contributed by atoms with Crippen molar-refractivity contribution in [2.45, 2.75) is 4.90 Å². The van der Waals surface area contributed by atoms with E-state index in [0.717, 1.165) is 5.39 Å². The van der Waals surface area contributed by atoms with E-state index in [0.29, 0.717) is 11.2 Å². The van der Waals surface area contributed by atoms with Gasteiger partial charge in [0.2, 0.25) is 0 Å². The molecule has 4 rings (SSSR count). The molecule has 0 aliphatic heterocycles. The van der Waals surface area contributed by atoms with Crippen molar-refractivity contribution in [3.63, 3.8) is 0 Å². The van der Waals surface area contributed by atoms with E-state index in [2.05, 4.69) is 9.71 Å². The minimum Gasteiger partial charge on any atom is -0.454 e. The molecule has 33 heavy (non-hydrogen) atoms. The van der Waals surface area contributed by atoms with Crippen molar-refractivity contribution in [2.75, 3.05) is 4.72 Å². The lowest BCUT2D eigenvalue weighted by Gasteiger charge is -2.14. The highest BCUT2D eigenvalue weighted by Gasteiger charge is 2.21. The Bertz CT molecular complexity index is 1480. The zero-order valence-electron chi connectivity index (χ0n) is 16.3. The summed E-state index contributed by atoms with van der Waals surface area (Å²) in [6.07, 6.45) is 1.56. The number of ether oxygens (including phenoxy) is 1. The molecular formula is C21H12Cl3N3O5S. The van der Waals surface area contributed by atoms with E-state index in [1.807, 2.05) is 12.1 Å². The van der Waals surface area contributed by atoms with Gasteiger partial charge >= 0.3 is 0 Å². The number of nitro groups is 1. The number of hydrogen-bond donors (Lipinski definition) is 1. The van der Waals surface area contributed by atoms with Crippen LogP contribution in [0.15, 0.2) is 71.8 Å². The molecule has 0 spiro atoms. The Morgan fingerprint density at radius 3 is 2.30 bits per heavy atom. The Morgan fingerprint density at radius 1 is 0.939 bits per heavy atom. The second-order valence-corrected chi connectivity index (χ2v) is 9.58. The first-order chi connectivity index (χ1) is 15.7. The Balaban J connectivity index is 1.65. The molecule has 4 aromatic rings. The van der Waals surface area contributed by atoms with Crippen molar-refractivity contribution < 1.29 is 18.1 Å². The Labute approximate surface area is 202 Å². The Kier molecular flexibility index (Phi) is 6.31. The van der Waals surface area contributed by atoms with Crippen LogP contribution in [0.5, 0.6) is 11.5 Å². The molecule has 1 heterocycles. The van der Waals surface area contributed by atoms with Crippen LogP contribution in [0.1, 0.15) is 0 Å². The molecule has 0 bridgehead atoms. The van der Waals surface area contributed by atoms with Gasteiger partial charge in [-0.2, -0.15) is 0 Å². The molecule has 0 aliphatic rings. The van der Waals surface area contributed by atoms with Gasteiger partial charge in [-0.15, -0.1) is 0 Å². The first kappa shape index (κ1) is 23.1. The zero-order valence-corrected chi connectivity index (χ0v) is 19.4. The first-order valence-electron chi connectivity index (χ1n) is 9.13. The number of benzene rings is 3. The summed E-state index contributed by atoms with van der Waals surface area (Å²) in [4.78, 5) is 14.3. The summed E-state index contributed by atoms with van der Waals surface area (Å²) < 4.78 is 34.1. The fourth-order valence-corrected chi connectivity index (χ4v) is 5.05. The number of fused-ring (bicyclic) bond motifs is 1. The van der Waals surface area contributed by atoms with Gasteiger partial charge in [-0.1, -0.05) is 53.0 Å². The number of nitrogens with one attached hydrogen (secondary N) is 1. The average Bonchev–Trinajstić information content (AvgIpc) is 2.76. The van der Waals surface area contributed by atoms with Crippen molar-refractivity contribution in [2.24, 2.45) is 0 Å². The van der Waals surface area contributed by atoms with Gasteiger partial charge in [0.05, 0.1) is 31.1 Å². The highest BCUT2D eigenvalue weighted by molar-refractivity contribution is 7.92. The molecule has 1 N–H and O–H groups in total. The van der Waals surface area contributed by atoms with Crippen LogP contribution in [0, 0.1) is 10.1 Å². The van der Waals surface area contributed by atoms with Crippen LogP contribution in [0.25, 0.3) is 10.9 Å². The molecule has 0 fully saturated rings. The van der Waals surface area contributed by atoms with E-state index in [-0.39, 0.29) is 37.1 Å². The fourth-order valence-electron chi connectivity index (χ4n) is 3.00. The summed E-state index contributed by atoms with van der Waals surface area (Å²) in [5.74, 6) is 0.0963. The first-order valence-corrected chi connectivity index (χ1v) is 11.7. The molecule has 0 atom stereocenters. The molecule has 168 valence electrons. The summed E-state index contributed by atoms with van der Waals surface area (Å²) in [6.45, 7) is 0. The van der Waals surface area contributed by atoms with Gasteiger partial charge in [0.15, 0.2) is 5.75 Å². The molecule has 0 saturated heterocycles. The average molecular weight is 525 g/mol. The molecular weight excluding hydrogens is 513 g/mol. The molecule has 3 aromatic carbocycles. The maximum absolute atomic E-state index is 13.0. The number of aromatic nitrogens is 1. The monoisotopic (exact) mass is 523 g/mol. The number of nitrogens with zero attached hydrogens (tertiary/aromatic N) is 2. The molecule has 0 aliphatic carbocycles. The summed E-state index contributed by atoms with van der Waals surface area (Å²) in [5, 5.41) is 11.3. The third-order valence-corrected chi connectivity index (χ3v) is 6.70. The van der Waals surface area contributed by atoms with Crippen molar-refractivity contribution in [1.82, 2.24) is 4.98 Å². The number of hydrogen-bond acceptors (Lipinski definition) is 6. The van der Waals surface area contributed by atoms with E-state index in [9.17, 15) is 18.5 Å². The van der Waals surface area contributed by atoms with E-state index < -0.39 is 14.9 Å². The molecule has 12 heteroatoms. The molecule has 0 radical (unpaired) electrons. The summed E-state index contributed by atoms with van der Waals surface area (Å²) in [7, 11) is -4.07. The minimum absolute atomic E-state index is 0.0333. The second kappa shape index (κ2) is 9.03. The highest BCUT2D eigenvalue weighted by atomic mass is 35.5. The SMILES string of the molecule is O=[N+]([O-])c1ccc(Oc2c(Cl)cc(S(=O)(=O)Nc3cccc4cccnc34)cc2Cl)cc1Cl. The molecule has 0 saturated carbocycles. The summed E-state index contributed by atoms with van der Waals surface area (Å²) >= 11 is 18.4. The predicted molar refractivity (Wildman–Crippen MR) is 127 cm³/mol. The molecule has 0 unspecified atom stereocenters. The van der Waals surface area contributed by atoms with Crippen LogP contribution in [0.3, 0.4) is 0 Å². The maximum atomic E-state index is 13.0. The van der Waals surface area contributed by atoms with Crippen LogP contribution in [-0.4, -0.2) is 18.3 Å². The fraction of sp³-hybridized carbons (Fsp3) is 0. The molecule has 1 aromatic heterocycles. The lowest BCUT2D eigenvalue weighted by Crippen LogP contribution is -2.13. The number of halogens is 3. The van der Waals surface area contributed by atoms with Gasteiger partial charge in [-0.25, -0.2) is 8.42 Å².